The van der Waals surface area contributed by atoms with E-state index in [0.29, 0.717) is 0 Å². The van der Waals surface area contributed by atoms with Gasteiger partial charge in [-0.25, -0.2) is 0 Å². The first kappa shape index (κ1) is 23.7. The summed E-state index contributed by atoms with van der Waals surface area (Å²) in [5, 5.41) is 0. The van der Waals surface area contributed by atoms with Crippen LogP contribution in [0.3, 0.4) is 0 Å². The first-order valence-corrected chi connectivity index (χ1v) is 14.5. The van der Waals surface area contributed by atoms with Gasteiger partial charge in [0.25, 0.3) is 0 Å². The summed E-state index contributed by atoms with van der Waals surface area (Å²) in [5.74, 6) is 0. The minimum atomic E-state index is -0.792. The van der Waals surface area contributed by atoms with Gasteiger partial charge in [0.2, 0.25) is 0 Å². The summed E-state index contributed by atoms with van der Waals surface area (Å²) >= 11 is 0. The summed E-state index contributed by atoms with van der Waals surface area (Å²) in [6.45, 7) is 9.76. The van der Waals surface area contributed by atoms with Crippen molar-refractivity contribution < 1.29 is 0 Å². The fourth-order valence-electron chi connectivity index (χ4n) is 3.91. The molecule has 0 fully saturated rings. The van der Waals surface area contributed by atoms with Crippen molar-refractivity contribution in [3.05, 3.63) is 35.4 Å². The van der Waals surface area contributed by atoms with Crippen LogP contribution < -0.4 is 0 Å². The number of hydrogen-bond donors (Lipinski definition) is 0. The minimum Gasteiger partial charge on any atom is -0.0654 e. The first-order valence-electron chi connectivity index (χ1n) is 11.5. The lowest BCUT2D eigenvalue weighted by Crippen LogP contribution is -2.02. The van der Waals surface area contributed by atoms with E-state index >= 15 is 0 Å². The van der Waals surface area contributed by atoms with Gasteiger partial charge in [-0.05, 0) is 36.8 Å². The molecular weight excluding hydrogens is 331 g/mol. The Labute approximate surface area is 165 Å². The maximum atomic E-state index is 2.58. The van der Waals surface area contributed by atoms with E-state index in [1.807, 2.05) is 0 Å². The normalized spacial score (nSPS) is 11.8. The monoisotopic (exact) mass is 377 g/mol. The van der Waals surface area contributed by atoms with Crippen molar-refractivity contribution in [2.45, 2.75) is 103 Å². The van der Waals surface area contributed by atoms with Gasteiger partial charge < -0.3 is 0 Å². The van der Waals surface area contributed by atoms with Crippen LogP contribution in [0.4, 0.5) is 0 Å². The lowest BCUT2D eigenvalue weighted by molar-refractivity contribution is 0.575. The van der Waals surface area contributed by atoms with Gasteiger partial charge in [0.05, 0.1) is 12.3 Å². The van der Waals surface area contributed by atoms with Gasteiger partial charge in [-0.15, -0.1) is 0 Å². The average molecular weight is 378 g/mol. The molecule has 0 aromatic heterocycles. The van der Waals surface area contributed by atoms with E-state index in [-0.39, 0.29) is 0 Å². The third kappa shape index (κ3) is 11.4. The second-order valence-corrected chi connectivity index (χ2v) is 13.5. The molecule has 150 valence electrons. The molecule has 0 radical (unpaired) electrons. The highest BCUT2D eigenvalue weighted by atomic mass is 31.2. The second-order valence-electron chi connectivity index (χ2n) is 8.87. The number of aryl methyl sites for hydroxylation is 1. The predicted octanol–water partition coefficient (Wildman–Crippen LogP) is 8.73. The molecule has 0 spiro atoms. The van der Waals surface area contributed by atoms with Crippen molar-refractivity contribution in [3.8, 4) is 0 Å². The summed E-state index contributed by atoms with van der Waals surface area (Å²) < 4.78 is 0. The fourth-order valence-corrected chi connectivity index (χ4v) is 6.38. The van der Waals surface area contributed by atoms with Crippen LogP contribution in [-0.2, 0) is 12.6 Å². The van der Waals surface area contributed by atoms with E-state index in [2.05, 4.69) is 51.4 Å². The zero-order chi connectivity index (χ0) is 19.1. The Balaban J connectivity index is 2.34. The smallest absolute Gasteiger partial charge is 0.0654 e. The van der Waals surface area contributed by atoms with Crippen LogP contribution in [0.1, 0.15) is 102 Å². The van der Waals surface area contributed by atoms with Gasteiger partial charge in [-0.2, -0.15) is 0 Å². The molecule has 0 saturated carbocycles. The zero-order valence-corrected chi connectivity index (χ0v) is 19.3. The Kier molecular flexibility index (Phi) is 13.4. The molecule has 0 N–H and O–H groups in total. The van der Waals surface area contributed by atoms with Crippen molar-refractivity contribution in [1.29, 1.82) is 0 Å². The molecule has 1 aromatic carbocycles. The first-order chi connectivity index (χ1) is 12.6. The van der Waals surface area contributed by atoms with Gasteiger partial charge in [0.15, 0.2) is 0 Å². The quantitative estimate of drug-likeness (QED) is 0.199. The number of unbranched alkanes of at least 4 members (excludes halogenated alkanes) is 10. The summed E-state index contributed by atoms with van der Waals surface area (Å²) in [6, 6.07) is 9.31. The van der Waals surface area contributed by atoms with Crippen LogP contribution in [0.2, 0.25) is 0 Å². The Morgan fingerprint density at radius 2 is 1.12 bits per heavy atom. The van der Waals surface area contributed by atoms with Gasteiger partial charge in [-0.3, -0.25) is 0 Å². The van der Waals surface area contributed by atoms with Crippen LogP contribution in [0, 0.1) is 0 Å². The molecule has 0 nitrogen and oxygen atoms in total. The lowest BCUT2D eigenvalue weighted by Gasteiger charge is -2.20. The average Bonchev–Trinajstić information content (AvgIpc) is 2.62. The summed E-state index contributed by atoms with van der Waals surface area (Å²) in [5.41, 5.74) is 3.30. The Morgan fingerprint density at radius 3 is 1.73 bits per heavy atom. The molecule has 0 heterocycles. The predicted molar refractivity (Wildman–Crippen MR) is 124 cm³/mol. The van der Waals surface area contributed by atoms with E-state index in [1.54, 1.807) is 11.1 Å². The maximum Gasteiger partial charge on any atom is 0.0840 e. The van der Waals surface area contributed by atoms with Crippen LogP contribution in [0.15, 0.2) is 24.3 Å². The van der Waals surface area contributed by atoms with Gasteiger partial charge in [-0.1, -0.05) is 95.9 Å². The molecule has 1 rings (SSSR count). The highest BCUT2D eigenvalue weighted by Crippen LogP contribution is 2.55. The highest BCUT2D eigenvalue weighted by Gasteiger charge is 2.25. The van der Waals surface area contributed by atoms with E-state index < -0.39 is 7.26 Å². The van der Waals surface area contributed by atoms with Crippen molar-refractivity contribution in [1.82, 2.24) is 0 Å². The maximum absolute atomic E-state index is 2.58. The summed E-state index contributed by atoms with van der Waals surface area (Å²) in [4.78, 5) is 0. The molecule has 0 aliphatic heterocycles. The van der Waals surface area contributed by atoms with Crippen LogP contribution in [0.25, 0.3) is 0 Å². The van der Waals surface area contributed by atoms with E-state index in [4.69, 9.17) is 0 Å². The third-order valence-electron chi connectivity index (χ3n) is 5.63. The molecule has 0 bridgehead atoms. The molecule has 0 saturated heterocycles. The van der Waals surface area contributed by atoms with Gasteiger partial charge in [0, 0.05) is 20.6 Å². The molecule has 0 amide bonds. The summed E-state index contributed by atoms with van der Waals surface area (Å²) in [7, 11) is -0.792. The minimum absolute atomic E-state index is 0.792. The van der Waals surface area contributed by atoms with E-state index in [1.165, 1.54) is 95.8 Å². The number of hydrogen-bond acceptors (Lipinski definition) is 0. The SMILES string of the molecule is CCCCCCCCCCc1ccccc1C[P+](C)(C)CCCCCC. The van der Waals surface area contributed by atoms with Crippen molar-refractivity contribution in [2.24, 2.45) is 0 Å². The zero-order valence-electron chi connectivity index (χ0n) is 18.4. The number of benzene rings is 1. The molecule has 1 aromatic rings. The van der Waals surface area contributed by atoms with Crippen LogP contribution in [-0.4, -0.2) is 19.5 Å². The Morgan fingerprint density at radius 1 is 0.615 bits per heavy atom. The van der Waals surface area contributed by atoms with Gasteiger partial charge >= 0.3 is 0 Å². The number of rotatable bonds is 16. The topological polar surface area (TPSA) is 0 Å². The van der Waals surface area contributed by atoms with Crippen molar-refractivity contribution in [2.75, 3.05) is 19.5 Å². The molecule has 0 aliphatic carbocycles. The van der Waals surface area contributed by atoms with Crippen LogP contribution >= 0.6 is 7.26 Å². The highest BCUT2D eigenvalue weighted by molar-refractivity contribution is 7.73. The molecule has 0 unspecified atom stereocenters. The molecule has 0 atom stereocenters. The van der Waals surface area contributed by atoms with Crippen LogP contribution in [0.5, 0.6) is 0 Å². The molecule has 26 heavy (non-hydrogen) atoms. The van der Waals surface area contributed by atoms with Gasteiger partial charge in [0.1, 0.15) is 0 Å². The van der Waals surface area contributed by atoms with Crippen molar-refractivity contribution in [3.63, 3.8) is 0 Å². The standard InChI is InChI=1S/C25H46P/c1-5-7-9-11-12-13-14-15-19-24-20-16-17-21-25(24)23-26(3,4)22-18-10-8-6-2/h16-17,20-21H,5-15,18-19,22-23H2,1-4H3/q+1. The summed E-state index contributed by atoms with van der Waals surface area (Å²) in [6.07, 6.45) is 21.1. The molecule has 0 aliphatic rings. The largest absolute Gasteiger partial charge is 0.0840 e. The van der Waals surface area contributed by atoms with Crippen molar-refractivity contribution >= 4 is 7.26 Å². The molecule has 1 heteroatoms. The Bertz CT molecular complexity index is 449. The Hall–Kier alpha value is -0.350. The third-order valence-corrected chi connectivity index (χ3v) is 8.36. The lowest BCUT2D eigenvalue weighted by atomic mass is 10.0. The second kappa shape index (κ2) is 14.7. The van der Waals surface area contributed by atoms with E-state index in [9.17, 15) is 0 Å². The van der Waals surface area contributed by atoms with E-state index in [0.717, 1.165) is 0 Å². The fraction of sp³-hybridized carbons (Fsp3) is 0.760. The molecular formula is C25H46P+.